The third kappa shape index (κ3) is 5.18. The Kier molecular flexibility index (Phi) is 4.13. The molecule has 0 aliphatic rings. The van der Waals surface area contributed by atoms with E-state index in [0.29, 0.717) is 0 Å². The number of hydrogen-bond donors (Lipinski definition) is 1. The second-order valence-corrected chi connectivity index (χ2v) is 2.40. The smallest absolute Gasteiger partial charge is 0.384 e. The van der Waals surface area contributed by atoms with Gasteiger partial charge in [0.1, 0.15) is 5.76 Å². The highest BCUT2D eigenvalue weighted by molar-refractivity contribution is 5.87. The quantitative estimate of drug-likeness (QED) is 0.432. The number of halogens is 3. The normalized spacial score (nSPS) is 12.2. The van der Waals surface area contributed by atoms with Gasteiger partial charge in [0.15, 0.2) is 5.78 Å². The number of hydrogen-bond acceptors (Lipinski definition) is 3. The van der Waals surface area contributed by atoms with Crippen molar-refractivity contribution >= 4 is 11.7 Å². The van der Waals surface area contributed by atoms with Gasteiger partial charge in [-0.2, -0.15) is 18.7 Å². The van der Waals surface area contributed by atoms with Crippen LogP contribution in [0.25, 0.3) is 0 Å². The molecular formula is C7H8F3NO3. The number of nitrogens with one attached hydrogen (secondary N) is 1. The monoisotopic (exact) mass is 211 g/mol. The molecule has 1 amide bonds. The first-order valence-corrected chi connectivity index (χ1v) is 3.46. The predicted molar refractivity (Wildman–Crippen MR) is 39.7 cm³/mol. The summed E-state index contributed by atoms with van der Waals surface area (Å²) in [5.74, 6) is -2.76. The van der Waals surface area contributed by atoms with Gasteiger partial charge in [-0.25, -0.2) is 0 Å². The van der Waals surface area contributed by atoms with Crippen molar-refractivity contribution in [3.8, 4) is 0 Å². The summed E-state index contributed by atoms with van der Waals surface area (Å²) in [5.41, 5.74) is 1.14. The van der Waals surface area contributed by atoms with Crippen LogP contribution < -0.4 is 5.48 Å². The van der Waals surface area contributed by atoms with Crippen LogP contribution in [0.15, 0.2) is 11.8 Å². The molecule has 1 N–H and O–H groups in total. The average Bonchev–Trinajstić information content (AvgIpc) is 1.96. The summed E-state index contributed by atoms with van der Waals surface area (Å²) >= 11 is 0. The van der Waals surface area contributed by atoms with E-state index in [1.54, 1.807) is 0 Å². The maximum Gasteiger partial charge on any atom is 0.474 e. The van der Waals surface area contributed by atoms with Gasteiger partial charge in [-0.05, 0) is 13.8 Å². The predicted octanol–water partition coefficient (Wildman–Crippen LogP) is 1.09. The van der Waals surface area contributed by atoms with Crippen LogP contribution in [-0.2, 0) is 14.4 Å². The fourth-order valence-corrected chi connectivity index (χ4v) is 0.500. The Balaban J connectivity index is 4.08. The van der Waals surface area contributed by atoms with Gasteiger partial charge < -0.3 is 4.84 Å². The van der Waals surface area contributed by atoms with Crippen LogP contribution in [0.5, 0.6) is 0 Å². The summed E-state index contributed by atoms with van der Waals surface area (Å²) in [4.78, 5) is 24.7. The molecule has 4 nitrogen and oxygen atoms in total. The fourth-order valence-electron chi connectivity index (χ4n) is 0.500. The van der Waals surface area contributed by atoms with Crippen LogP contribution >= 0.6 is 0 Å². The van der Waals surface area contributed by atoms with Crippen LogP contribution in [0.1, 0.15) is 13.8 Å². The molecule has 7 heteroatoms. The molecule has 0 spiro atoms. The molecule has 0 fully saturated rings. The molecule has 14 heavy (non-hydrogen) atoms. The van der Waals surface area contributed by atoms with Gasteiger partial charge >= 0.3 is 12.1 Å². The van der Waals surface area contributed by atoms with Crippen molar-refractivity contribution in [1.82, 2.24) is 5.48 Å². The van der Waals surface area contributed by atoms with Crippen molar-refractivity contribution in [2.45, 2.75) is 20.0 Å². The van der Waals surface area contributed by atoms with Crippen molar-refractivity contribution in [3.63, 3.8) is 0 Å². The van der Waals surface area contributed by atoms with Gasteiger partial charge in [-0.3, -0.25) is 9.59 Å². The Morgan fingerprint density at radius 2 is 1.79 bits per heavy atom. The van der Waals surface area contributed by atoms with E-state index in [-0.39, 0.29) is 5.76 Å². The SMILES string of the molecule is CC(=O)C=C(C)ONC(=O)C(F)(F)F. The summed E-state index contributed by atoms with van der Waals surface area (Å²) < 4.78 is 34.8. The Morgan fingerprint density at radius 1 is 1.29 bits per heavy atom. The minimum Gasteiger partial charge on any atom is -0.384 e. The molecule has 0 aromatic rings. The van der Waals surface area contributed by atoms with Gasteiger partial charge in [0.2, 0.25) is 0 Å². The Morgan fingerprint density at radius 3 is 2.14 bits per heavy atom. The van der Waals surface area contributed by atoms with Crippen molar-refractivity contribution in [2.24, 2.45) is 0 Å². The lowest BCUT2D eigenvalue weighted by atomic mass is 10.4. The van der Waals surface area contributed by atoms with Crippen LogP contribution in [-0.4, -0.2) is 17.9 Å². The lowest BCUT2D eigenvalue weighted by Gasteiger charge is -2.08. The highest BCUT2D eigenvalue weighted by Crippen LogP contribution is 2.14. The van der Waals surface area contributed by atoms with E-state index in [2.05, 4.69) is 4.84 Å². The van der Waals surface area contributed by atoms with E-state index in [1.165, 1.54) is 13.8 Å². The van der Waals surface area contributed by atoms with Gasteiger partial charge in [-0.1, -0.05) is 0 Å². The number of carbonyl (C=O) groups excluding carboxylic acids is 2. The van der Waals surface area contributed by atoms with Gasteiger partial charge in [0, 0.05) is 6.08 Å². The maximum atomic E-state index is 11.6. The highest BCUT2D eigenvalue weighted by Gasteiger charge is 2.39. The molecule has 0 aromatic heterocycles. The van der Waals surface area contributed by atoms with E-state index in [9.17, 15) is 22.8 Å². The first-order chi connectivity index (χ1) is 6.23. The molecule has 0 aliphatic heterocycles. The largest absolute Gasteiger partial charge is 0.474 e. The number of hydroxylamine groups is 1. The molecule has 0 heterocycles. The van der Waals surface area contributed by atoms with E-state index in [4.69, 9.17) is 0 Å². The maximum absolute atomic E-state index is 11.6. The Hall–Kier alpha value is -1.53. The van der Waals surface area contributed by atoms with E-state index in [0.717, 1.165) is 11.6 Å². The van der Waals surface area contributed by atoms with Crippen molar-refractivity contribution in [3.05, 3.63) is 11.8 Å². The number of amides is 1. The molecule has 0 rings (SSSR count). The van der Waals surface area contributed by atoms with Crippen molar-refractivity contribution in [2.75, 3.05) is 0 Å². The fraction of sp³-hybridized carbons (Fsp3) is 0.429. The molecule has 0 aromatic carbocycles. The first kappa shape index (κ1) is 12.5. The molecule has 0 bridgehead atoms. The second-order valence-electron chi connectivity index (χ2n) is 2.40. The standard InChI is InChI=1S/C7H8F3NO3/c1-4(12)3-5(2)14-11-6(13)7(8,9)10/h3H,1-2H3,(H,11,13). The summed E-state index contributed by atoms with van der Waals surface area (Å²) in [7, 11) is 0. The molecule has 0 atom stereocenters. The van der Waals surface area contributed by atoms with Crippen LogP contribution in [0.2, 0.25) is 0 Å². The van der Waals surface area contributed by atoms with Gasteiger partial charge in [0.05, 0.1) is 0 Å². The first-order valence-electron chi connectivity index (χ1n) is 3.46. The lowest BCUT2D eigenvalue weighted by molar-refractivity contribution is -0.183. The number of alkyl halides is 3. The number of carbonyl (C=O) groups is 2. The molecular weight excluding hydrogens is 203 g/mol. The molecule has 80 valence electrons. The third-order valence-corrected chi connectivity index (χ3v) is 0.969. The van der Waals surface area contributed by atoms with Crippen LogP contribution in [0, 0.1) is 0 Å². The highest BCUT2D eigenvalue weighted by atomic mass is 19.4. The second kappa shape index (κ2) is 4.64. The zero-order chi connectivity index (χ0) is 11.4. The Bertz CT molecular complexity index is 270. The molecule has 0 saturated heterocycles. The summed E-state index contributed by atoms with van der Waals surface area (Å²) in [6.07, 6.45) is -4.06. The molecule has 0 aliphatic carbocycles. The summed E-state index contributed by atoms with van der Waals surface area (Å²) in [5, 5.41) is 0. The zero-order valence-corrected chi connectivity index (χ0v) is 7.44. The van der Waals surface area contributed by atoms with Crippen LogP contribution in [0.4, 0.5) is 13.2 Å². The third-order valence-electron chi connectivity index (χ3n) is 0.969. The van der Waals surface area contributed by atoms with Crippen molar-refractivity contribution < 1.29 is 27.6 Å². The minimum absolute atomic E-state index is 0.130. The van der Waals surface area contributed by atoms with Gasteiger partial charge in [-0.15, -0.1) is 0 Å². The number of rotatable bonds is 3. The van der Waals surface area contributed by atoms with Gasteiger partial charge in [0.25, 0.3) is 0 Å². The summed E-state index contributed by atoms with van der Waals surface area (Å²) in [6, 6.07) is 0. The number of ketones is 1. The Labute approximate surface area is 77.7 Å². The number of allylic oxidation sites excluding steroid dienone is 2. The average molecular weight is 211 g/mol. The van der Waals surface area contributed by atoms with E-state index >= 15 is 0 Å². The minimum atomic E-state index is -5.00. The van der Waals surface area contributed by atoms with Crippen LogP contribution in [0.3, 0.4) is 0 Å². The topological polar surface area (TPSA) is 55.4 Å². The molecule has 0 unspecified atom stereocenters. The molecule has 0 saturated carbocycles. The van der Waals surface area contributed by atoms with E-state index < -0.39 is 17.9 Å². The summed E-state index contributed by atoms with van der Waals surface area (Å²) in [6.45, 7) is 2.43. The van der Waals surface area contributed by atoms with E-state index in [1.807, 2.05) is 0 Å². The lowest BCUT2D eigenvalue weighted by Crippen LogP contribution is -2.36. The zero-order valence-electron chi connectivity index (χ0n) is 7.44. The molecule has 0 radical (unpaired) electrons. The van der Waals surface area contributed by atoms with Crippen molar-refractivity contribution in [1.29, 1.82) is 0 Å².